The average molecular weight is 595 g/mol. The van der Waals surface area contributed by atoms with Crippen LogP contribution >= 0.6 is 0 Å². The Morgan fingerprint density at radius 1 is 0.475 bits per heavy atom. The summed E-state index contributed by atoms with van der Waals surface area (Å²) in [6, 6.07) is 13.4. The minimum atomic E-state index is -4.20. The summed E-state index contributed by atoms with van der Waals surface area (Å²) in [5.41, 5.74) is 2.24. The zero-order valence-electron chi connectivity index (χ0n) is 24.4. The lowest BCUT2D eigenvalue weighted by Crippen LogP contribution is -2.04. The fourth-order valence-corrected chi connectivity index (χ4v) is 6.51. The lowest BCUT2D eigenvalue weighted by atomic mass is 9.85. The van der Waals surface area contributed by atoms with E-state index in [4.69, 9.17) is 0 Å². The third kappa shape index (κ3) is 12.8. The topological polar surface area (TPSA) is 109 Å². The van der Waals surface area contributed by atoms with Crippen molar-refractivity contribution < 1.29 is 25.9 Å². The molecule has 0 radical (unpaired) electrons. The van der Waals surface area contributed by atoms with E-state index in [1.54, 1.807) is 0 Å². The Morgan fingerprint density at radius 3 is 1.02 bits per heavy atom. The van der Waals surface area contributed by atoms with Crippen LogP contribution in [0.3, 0.4) is 0 Å². The summed E-state index contributed by atoms with van der Waals surface area (Å²) in [7, 11) is -8.40. The van der Waals surface area contributed by atoms with Crippen LogP contribution in [0.1, 0.15) is 140 Å². The Balaban J connectivity index is 2.03. The fourth-order valence-electron chi connectivity index (χ4n) is 5.55. The summed E-state index contributed by atoms with van der Waals surface area (Å²) < 4.78 is 64.6. The predicted molar refractivity (Wildman–Crippen MR) is 163 cm³/mol. The second-order valence-electron chi connectivity index (χ2n) is 11.2. The summed E-state index contributed by atoms with van der Waals surface area (Å²) in [6.07, 6.45) is 18.3. The van der Waals surface area contributed by atoms with Gasteiger partial charge in [-0.25, -0.2) is 0 Å². The second kappa shape index (κ2) is 17.9. The molecule has 0 aliphatic rings. The summed E-state index contributed by atoms with van der Waals surface area (Å²) >= 11 is 0. The van der Waals surface area contributed by atoms with Crippen molar-refractivity contribution in [1.82, 2.24) is 0 Å². The number of benzene rings is 2. The minimum Gasteiger partial charge on any atom is -0.282 e. The maximum atomic E-state index is 11.5. The van der Waals surface area contributed by atoms with Crippen molar-refractivity contribution in [2.75, 3.05) is 0 Å². The van der Waals surface area contributed by atoms with Crippen LogP contribution in [-0.2, 0) is 20.2 Å². The summed E-state index contributed by atoms with van der Waals surface area (Å²) in [5.74, 6) is 0.692. The molecule has 0 fully saturated rings. The molecule has 0 heterocycles. The van der Waals surface area contributed by atoms with Crippen molar-refractivity contribution in [3.05, 3.63) is 59.7 Å². The van der Waals surface area contributed by atoms with Crippen LogP contribution in [0, 0.1) is 0 Å². The third-order valence-electron chi connectivity index (χ3n) is 7.97. The molecular formula is C32H50O6S2. The molecule has 0 aromatic heterocycles. The van der Waals surface area contributed by atoms with Crippen LogP contribution in [-0.4, -0.2) is 25.9 Å². The van der Waals surface area contributed by atoms with Gasteiger partial charge in [-0.15, -0.1) is 0 Å². The molecule has 2 aromatic rings. The summed E-state index contributed by atoms with van der Waals surface area (Å²) in [6.45, 7) is 4.42. The van der Waals surface area contributed by atoms with Gasteiger partial charge in [0.2, 0.25) is 0 Å². The third-order valence-corrected chi connectivity index (χ3v) is 9.70. The van der Waals surface area contributed by atoms with E-state index in [1.165, 1.54) is 75.6 Å². The lowest BCUT2D eigenvalue weighted by Gasteiger charge is -2.20. The van der Waals surface area contributed by atoms with E-state index in [-0.39, 0.29) is 9.79 Å². The molecule has 0 amide bonds. The highest BCUT2D eigenvalue weighted by atomic mass is 32.2. The van der Waals surface area contributed by atoms with E-state index in [2.05, 4.69) is 13.8 Å². The van der Waals surface area contributed by atoms with Crippen molar-refractivity contribution in [3.63, 3.8) is 0 Å². The van der Waals surface area contributed by atoms with Crippen LogP contribution in [0.4, 0.5) is 0 Å². The molecule has 40 heavy (non-hydrogen) atoms. The Labute approximate surface area is 243 Å². The summed E-state index contributed by atoms with van der Waals surface area (Å²) in [4.78, 5) is -0.139. The van der Waals surface area contributed by atoms with Gasteiger partial charge in [0, 0.05) is 0 Å². The molecule has 226 valence electrons. The highest BCUT2D eigenvalue weighted by molar-refractivity contribution is 7.86. The Morgan fingerprint density at radius 2 is 0.750 bits per heavy atom. The van der Waals surface area contributed by atoms with Crippen LogP contribution in [0.15, 0.2) is 58.3 Å². The summed E-state index contributed by atoms with van der Waals surface area (Å²) in [5, 5.41) is 0. The molecule has 2 N–H and O–H groups in total. The maximum absolute atomic E-state index is 11.5. The number of unbranched alkanes of at least 4 members (excludes halogenated alkanes) is 9. The van der Waals surface area contributed by atoms with Crippen molar-refractivity contribution in [2.24, 2.45) is 0 Å². The van der Waals surface area contributed by atoms with Crippen LogP contribution in [0.5, 0.6) is 0 Å². The zero-order chi connectivity index (χ0) is 29.4. The fraction of sp³-hybridized carbons (Fsp3) is 0.625. The Kier molecular flexibility index (Phi) is 15.5. The molecule has 2 aromatic carbocycles. The van der Waals surface area contributed by atoms with E-state index in [1.807, 2.05) is 24.3 Å². The maximum Gasteiger partial charge on any atom is 0.294 e. The van der Waals surface area contributed by atoms with Gasteiger partial charge in [-0.1, -0.05) is 115 Å². The van der Waals surface area contributed by atoms with Gasteiger partial charge >= 0.3 is 0 Å². The molecule has 0 bridgehead atoms. The van der Waals surface area contributed by atoms with Gasteiger partial charge < -0.3 is 0 Å². The largest absolute Gasteiger partial charge is 0.294 e. The number of hydrogen-bond donors (Lipinski definition) is 2. The van der Waals surface area contributed by atoms with Gasteiger partial charge in [0.15, 0.2) is 0 Å². The van der Waals surface area contributed by atoms with Crippen LogP contribution in [0.25, 0.3) is 0 Å². The first-order valence-electron chi connectivity index (χ1n) is 15.2. The highest BCUT2D eigenvalue weighted by Crippen LogP contribution is 2.33. The van der Waals surface area contributed by atoms with Gasteiger partial charge in [0.1, 0.15) is 0 Å². The molecule has 0 aliphatic heterocycles. The van der Waals surface area contributed by atoms with Crippen molar-refractivity contribution in [1.29, 1.82) is 0 Å². The molecular weight excluding hydrogens is 544 g/mol. The number of rotatable bonds is 21. The Hall–Kier alpha value is -1.74. The predicted octanol–water partition coefficient (Wildman–Crippen LogP) is 9.33. The Bertz CT molecular complexity index is 1080. The average Bonchev–Trinajstić information content (AvgIpc) is 2.92. The SMILES string of the molecule is CCCCCCCC(CCCCC(CCCCCCC)c1ccc(S(=O)(=O)O)cc1)c1ccc(S(=O)(=O)O)cc1. The first-order valence-corrected chi connectivity index (χ1v) is 18.1. The van der Waals surface area contributed by atoms with Gasteiger partial charge in [0.05, 0.1) is 9.79 Å². The monoisotopic (exact) mass is 594 g/mol. The van der Waals surface area contributed by atoms with Crippen LogP contribution in [0.2, 0.25) is 0 Å². The molecule has 2 unspecified atom stereocenters. The second-order valence-corrected chi connectivity index (χ2v) is 14.0. The van der Waals surface area contributed by atoms with Gasteiger partial charge in [-0.2, -0.15) is 16.8 Å². The van der Waals surface area contributed by atoms with Crippen molar-refractivity contribution in [3.8, 4) is 0 Å². The first-order chi connectivity index (χ1) is 19.1. The molecule has 0 saturated heterocycles. The van der Waals surface area contributed by atoms with Gasteiger partial charge in [0.25, 0.3) is 20.2 Å². The van der Waals surface area contributed by atoms with E-state index in [0.717, 1.165) is 62.5 Å². The van der Waals surface area contributed by atoms with E-state index in [0.29, 0.717) is 11.8 Å². The zero-order valence-corrected chi connectivity index (χ0v) is 26.1. The molecule has 2 atom stereocenters. The molecule has 0 spiro atoms. The van der Waals surface area contributed by atoms with E-state index < -0.39 is 20.2 Å². The van der Waals surface area contributed by atoms with Crippen molar-refractivity contribution in [2.45, 2.75) is 138 Å². The molecule has 8 heteroatoms. The molecule has 2 rings (SSSR count). The first kappa shape index (κ1) is 34.5. The minimum absolute atomic E-state index is 0.0697. The van der Waals surface area contributed by atoms with Gasteiger partial charge in [-0.3, -0.25) is 9.11 Å². The molecule has 6 nitrogen and oxygen atoms in total. The van der Waals surface area contributed by atoms with E-state index in [9.17, 15) is 25.9 Å². The smallest absolute Gasteiger partial charge is 0.282 e. The van der Waals surface area contributed by atoms with Crippen LogP contribution < -0.4 is 0 Å². The molecule has 0 aliphatic carbocycles. The lowest BCUT2D eigenvalue weighted by molar-refractivity contribution is 0.462. The normalized spacial score (nSPS) is 13.8. The quantitative estimate of drug-likeness (QED) is 0.110. The van der Waals surface area contributed by atoms with E-state index >= 15 is 0 Å². The number of hydrogen-bond acceptors (Lipinski definition) is 4. The van der Waals surface area contributed by atoms with Gasteiger partial charge in [-0.05, 0) is 72.9 Å². The van der Waals surface area contributed by atoms with Crippen molar-refractivity contribution >= 4 is 20.2 Å². The highest BCUT2D eigenvalue weighted by Gasteiger charge is 2.17. The standard InChI is InChI=1S/C32H50O6S2/c1-3-5-7-9-11-15-27(29-19-23-31(24-20-29)39(33,34)35)17-13-14-18-28(16-12-10-8-6-4-2)30-21-25-32(26-22-30)40(36,37)38/h19-28H,3-18H2,1-2H3,(H,33,34,35)(H,36,37,38). The molecule has 0 saturated carbocycles.